The third-order valence-corrected chi connectivity index (χ3v) is 3.42. The van der Waals surface area contributed by atoms with Crippen molar-refractivity contribution in [3.05, 3.63) is 29.8 Å². The molecule has 0 aliphatic carbocycles. The Morgan fingerprint density at radius 2 is 1.94 bits per heavy atom. The van der Waals surface area contributed by atoms with Crippen LogP contribution in [0.2, 0.25) is 0 Å². The monoisotopic (exact) mass is 247 g/mol. The maximum atomic E-state index is 11.6. The van der Waals surface area contributed by atoms with E-state index in [0.717, 1.165) is 13.1 Å². The van der Waals surface area contributed by atoms with Crippen molar-refractivity contribution >= 4 is 11.6 Å². The molecule has 4 nitrogen and oxygen atoms in total. The van der Waals surface area contributed by atoms with Crippen molar-refractivity contribution in [2.24, 2.45) is 0 Å². The fraction of sp³-hybridized carbons (Fsp3) is 0.500. The Hall–Kier alpha value is -1.55. The van der Waals surface area contributed by atoms with E-state index in [9.17, 15) is 4.79 Å². The average Bonchev–Trinajstić information content (AvgIpc) is 2.52. The lowest BCUT2D eigenvalue weighted by molar-refractivity contribution is -0.129. The van der Waals surface area contributed by atoms with E-state index < -0.39 is 0 Å². The number of amides is 1. The Kier molecular flexibility index (Phi) is 3.87. The summed E-state index contributed by atoms with van der Waals surface area (Å²) < 4.78 is 0. The van der Waals surface area contributed by atoms with Gasteiger partial charge >= 0.3 is 0 Å². The third-order valence-electron chi connectivity index (χ3n) is 3.42. The van der Waals surface area contributed by atoms with Crippen molar-refractivity contribution < 1.29 is 4.79 Å². The molecule has 1 amide bonds. The van der Waals surface area contributed by atoms with Gasteiger partial charge in [0.2, 0.25) is 5.91 Å². The fourth-order valence-corrected chi connectivity index (χ4v) is 2.21. The van der Waals surface area contributed by atoms with Crippen molar-refractivity contribution in [1.82, 2.24) is 10.2 Å². The second kappa shape index (κ2) is 5.40. The molecule has 0 saturated carbocycles. The van der Waals surface area contributed by atoms with Crippen LogP contribution in [-0.2, 0) is 4.79 Å². The Bertz CT molecular complexity index is 414. The molecule has 2 rings (SSSR count). The van der Waals surface area contributed by atoms with Crippen molar-refractivity contribution in [2.45, 2.75) is 12.5 Å². The topological polar surface area (TPSA) is 35.6 Å². The molecule has 0 spiro atoms. The molecule has 1 aliphatic rings. The van der Waals surface area contributed by atoms with Gasteiger partial charge in [-0.1, -0.05) is 12.1 Å². The van der Waals surface area contributed by atoms with Gasteiger partial charge in [0.05, 0.1) is 0 Å². The van der Waals surface area contributed by atoms with E-state index >= 15 is 0 Å². The average molecular weight is 247 g/mol. The summed E-state index contributed by atoms with van der Waals surface area (Å²) in [5.41, 5.74) is 2.43. The molecule has 0 bridgehead atoms. The van der Waals surface area contributed by atoms with E-state index in [0.29, 0.717) is 6.42 Å². The van der Waals surface area contributed by atoms with Crippen LogP contribution in [0.5, 0.6) is 0 Å². The Morgan fingerprint density at radius 1 is 1.28 bits per heavy atom. The predicted molar refractivity (Wildman–Crippen MR) is 73.8 cm³/mol. The largest absolute Gasteiger partial charge is 0.378 e. The number of hydrogen-bond donors (Lipinski definition) is 1. The lowest BCUT2D eigenvalue weighted by Gasteiger charge is -2.22. The number of nitrogens with zero attached hydrogens (tertiary/aromatic N) is 2. The summed E-state index contributed by atoms with van der Waals surface area (Å²) in [6.07, 6.45) is 0.586. The Balaban J connectivity index is 2.13. The first-order valence-electron chi connectivity index (χ1n) is 6.32. The van der Waals surface area contributed by atoms with Crippen molar-refractivity contribution in [3.8, 4) is 0 Å². The third kappa shape index (κ3) is 2.82. The molecule has 1 N–H and O–H groups in total. The van der Waals surface area contributed by atoms with Crippen LogP contribution in [0.1, 0.15) is 18.0 Å². The number of likely N-dealkylation sites (N-methyl/N-ethyl adjacent to an activating group) is 1. The smallest absolute Gasteiger partial charge is 0.223 e. The number of carbonyl (C=O) groups is 1. The molecule has 1 fully saturated rings. The van der Waals surface area contributed by atoms with Gasteiger partial charge in [0.25, 0.3) is 0 Å². The van der Waals surface area contributed by atoms with Gasteiger partial charge in [0.15, 0.2) is 0 Å². The maximum absolute atomic E-state index is 11.6. The molecule has 1 unspecified atom stereocenters. The highest BCUT2D eigenvalue weighted by Gasteiger charge is 2.20. The predicted octanol–water partition coefficient (Wildman–Crippen LogP) is 1.25. The van der Waals surface area contributed by atoms with Crippen LogP contribution in [0.15, 0.2) is 24.3 Å². The summed E-state index contributed by atoms with van der Waals surface area (Å²) in [5.74, 6) is 0.218. The second-order valence-electron chi connectivity index (χ2n) is 5.02. The van der Waals surface area contributed by atoms with Crippen LogP contribution in [0.4, 0.5) is 5.69 Å². The fourth-order valence-electron chi connectivity index (χ4n) is 2.21. The molecule has 4 heteroatoms. The van der Waals surface area contributed by atoms with Crippen LogP contribution in [0, 0.1) is 0 Å². The Morgan fingerprint density at radius 3 is 2.56 bits per heavy atom. The molecule has 1 aromatic rings. The van der Waals surface area contributed by atoms with Gasteiger partial charge in [-0.05, 0) is 17.7 Å². The van der Waals surface area contributed by atoms with Crippen molar-refractivity contribution in [2.75, 3.05) is 39.1 Å². The molecular weight excluding hydrogens is 226 g/mol. The van der Waals surface area contributed by atoms with Gasteiger partial charge in [-0.25, -0.2) is 0 Å². The summed E-state index contributed by atoms with van der Waals surface area (Å²) in [4.78, 5) is 15.5. The van der Waals surface area contributed by atoms with E-state index in [4.69, 9.17) is 0 Å². The first-order chi connectivity index (χ1) is 8.58. The zero-order valence-corrected chi connectivity index (χ0v) is 11.3. The lowest BCUT2D eigenvalue weighted by atomic mass is 10.1. The van der Waals surface area contributed by atoms with Gasteiger partial charge in [-0.3, -0.25) is 4.79 Å². The lowest BCUT2D eigenvalue weighted by Crippen LogP contribution is -2.30. The van der Waals surface area contributed by atoms with Crippen molar-refractivity contribution in [1.29, 1.82) is 0 Å². The molecule has 1 aromatic carbocycles. The highest BCUT2D eigenvalue weighted by molar-refractivity contribution is 5.76. The van der Waals surface area contributed by atoms with E-state index in [-0.39, 0.29) is 11.9 Å². The number of rotatable bonds is 2. The number of nitrogens with one attached hydrogen (secondary N) is 1. The summed E-state index contributed by atoms with van der Waals surface area (Å²) in [7, 11) is 5.94. The summed E-state index contributed by atoms with van der Waals surface area (Å²) >= 11 is 0. The van der Waals surface area contributed by atoms with Gasteiger partial charge in [0, 0.05) is 52.4 Å². The van der Waals surface area contributed by atoms with Crippen LogP contribution in [0.3, 0.4) is 0 Å². The van der Waals surface area contributed by atoms with Gasteiger partial charge in [0.1, 0.15) is 0 Å². The van der Waals surface area contributed by atoms with E-state index in [1.807, 2.05) is 26.0 Å². The quantitative estimate of drug-likeness (QED) is 0.854. The zero-order valence-electron chi connectivity index (χ0n) is 11.3. The minimum atomic E-state index is 0.218. The highest BCUT2D eigenvalue weighted by atomic mass is 16.2. The summed E-state index contributed by atoms with van der Waals surface area (Å²) in [6.45, 7) is 1.49. The summed E-state index contributed by atoms with van der Waals surface area (Å²) in [5, 5.41) is 3.43. The molecule has 0 aromatic heterocycles. The number of carbonyl (C=O) groups excluding carboxylic acids is 1. The van der Waals surface area contributed by atoms with Gasteiger partial charge in [-0.2, -0.15) is 0 Å². The zero-order chi connectivity index (χ0) is 13.1. The van der Waals surface area contributed by atoms with Crippen LogP contribution in [0.25, 0.3) is 0 Å². The van der Waals surface area contributed by atoms with E-state index in [1.165, 1.54) is 11.3 Å². The van der Waals surface area contributed by atoms with Gasteiger partial charge in [-0.15, -0.1) is 0 Å². The molecule has 1 aliphatic heterocycles. The van der Waals surface area contributed by atoms with Gasteiger partial charge < -0.3 is 15.1 Å². The molecule has 1 heterocycles. The first kappa shape index (κ1) is 12.9. The molecule has 98 valence electrons. The highest BCUT2D eigenvalue weighted by Crippen LogP contribution is 2.20. The number of hydrogen-bond acceptors (Lipinski definition) is 3. The summed E-state index contributed by atoms with van der Waals surface area (Å²) in [6, 6.07) is 8.73. The minimum absolute atomic E-state index is 0.218. The number of anilines is 1. The normalized spacial score (nSPS) is 20.7. The minimum Gasteiger partial charge on any atom is -0.378 e. The molecule has 1 saturated heterocycles. The van der Waals surface area contributed by atoms with E-state index in [1.54, 1.807) is 0 Å². The number of benzene rings is 1. The molecular formula is C14H21N3O. The molecule has 0 radical (unpaired) electrons. The first-order valence-corrected chi connectivity index (χ1v) is 6.32. The molecule has 18 heavy (non-hydrogen) atoms. The maximum Gasteiger partial charge on any atom is 0.223 e. The Labute approximate surface area is 109 Å². The van der Waals surface area contributed by atoms with Crippen LogP contribution < -0.4 is 10.2 Å². The second-order valence-corrected chi connectivity index (χ2v) is 5.02. The van der Waals surface area contributed by atoms with Crippen LogP contribution >= 0.6 is 0 Å². The van der Waals surface area contributed by atoms with Crippen molar-refractivity contribution in [3.63, 3.8) is 0 Å². The standard InChI is InChI=1S/C14H21N3O/c1-16(2)12-6-4-11(5-7-12)13-10-17(3)14(18)8-9-15-13/h4-7,13,15H,8-10H2,1-3H3. The SMILES string of the molecule is CN1CC(c2ccc(N(C)C)cc2)NCCC1=O. The van der Waals surface area contributed by atoms with E-state index in [2.05, 4.69) is 34.5 Å². The molecule has 1 atom stereocenters. The van der Waals surface area contributed by atoms with Crippen LogP contribution in [-0.4, -0.2) is 45.0 Å².